The predicted octanol–water partition coefficient (Wildman–Crippen LogP) is 4.32. The molecule has 2 heterocycles. The number of fused-ring (bicyclic) bond motifs is 2. The normalized spacial score (nSPS) is 27.2. The van der Waals surface area contributed by atoms with E-state index in [1.54, 1.807) is 18.2 Å². The molecule has 2 aliphatic carbocycles. The fourth-order valence-corrected chi connectivity index (χ4v) is 4.70. The van der Waals surface area contributed by atoms with Crippen LogP contribution in [0.4, 0.5) is 0 Å². The molecule has 26 heavy (non-hydrogen) atoms. The molecular weight excluding hydrogens is 375 g/mol. The molecule has 1 amide bonds. The molecule has 7 heteroatoms. The molecule has 1 aromatic heterocycles. The Hall–Kier alpha value is -1.56. The van der Waals surface area contributed by atoms with Crippen molar-refractivity contribution in [1.82, 2.24) is 10.5 Å². The van der Waals surface area contributed by atoms with E-state index in [1.165, 1.54) is 0 Å². The summed E-state index contributed by atoms with van der Waals surface area (Å²) in [6.45, 7) is 0.355. The van der Waals surface area contributed by atoms with Gasteiger partial charge in [0.05, 0.1) is 28.7 Å². The van der Waals surface area contributed by atoms with Crippen molar-refractivity contribution in [3.63, 3.8) is 0 Å². The molecule has 2 aromatic rings. The third-order valence-corrected chi connectivity index (χ3v) is 6.23. The molecule has 0 spiro atoms. The molecule has 5 nitrogen and oxygen atoms in total. The molecule has 1 aromatic carbocycles. The summed E-state index contributed by atoms with van der Waals surface area (Å²) < 4.78 is 11.8. The zero-order valence-electron chi connectivity index (χ0n) is 14.0. The van der Waals surface area contributed by atoms with Crippen LogP contribution in [0.1, 0.15) is 42.9 Å². The van der Waals surface area contributed by atoms with Gasteiger partial charge in [-0.05, 0) is 37.8 Å². The van der Waals surface area contributed by atoms with E-state index in [-0.39, 0.29) is 24.0 Å². The van der Waals surface area contributed by atoms with Crippen LogP contribution in [0, 0.1) is 5.92 Å². The second kappa shape index (κ2) is 6.25. The van der Waals surface area contributed by atoms with Crippen LogP contribution in [-0.2, 0) is 16.1 Å². The highest BCUT2D eigenvalue weighted by Gasteiger charge is 2.46. The Bertz CT molecular complexity index is 857. The minimum atomic E-state index is -0.0507. The van der Waals surface area contributed by atoms with Crippen LogP contribution < -0.4 is 5.32 Å². The van der Waals surface area contributed by atoms with Crippen molar-refractivity contribution < 1.29 is 14.1 Å². The van der Waals surface area contributed by atoms with E-state index < -0.39 is 0 Å². The van der Waals surface area contributed by atoms with Crippen molar-refractivity contribution in [2.45, 2.75) is 50.4 Å². The summed E-state index contributed by atoms with van der Waals surface area (Å²) in [5.74, 6) is 1.31. The lowest BCUT2D eigenvalue weighted by Crippen LogP contribution is -2.39. The molecule has 0 unspecified atom stereocenters. The number of benzene rings is 1. The van der Waals surface area contributed by atoms with Gasteiger partial charge in [-0.15, -0.1) is 0 Å². The third kappa shape index (κ3) is 2.73. The van der Waals surface area contributed by atoms with Gasteiger partial charge in [0, 0.05) is 23.1 Å². The average Bonchev–Trinajstić information content (AvgIpc) is 3.09. The highest BCUT2D eigenvalue weighted by Crippen LogP contribution is 2.46. The van der Waals surface area contributed by atoms with Crippen molar-refractivity contribution in [3.8, 4) is 11.3 Å². The molecule has 3 fully saturated rings. The first-order chi connectivity index (χ1) is 12.6. The number of ether oxygens (including phenoxy) is 1. The topological polar surface area (TPSA) is 64.4 Å². The van der Waals surface area contributed by atoms with Gasteiger partial charge in [-0.2, -0.15) is 0 Å². The van der Waals surface area contributed by atoms with Crippen LogP contribution in [0.15, 0.2) is 22.7 Å². The summed E-state index contributed by atoms with van der Waals surface area (Å²) in [5.41, 5.74) is 2.23. The Kier molecular flexibility index (Phi) is 3.99. The quantitative estimate of drug-likeness (QED) is 0.822. The van der Waals surface area contributed by atoms with Gasteiger partial charge in [0.1, 0.15) is 11.5 Å². The number of carbonyl (C=O) groups excluding carboxylic acids is 1. The Morgan fingerprint density at radius 1 is 1.23 bits per heavy atom. The molecule has 136 valence electrons. The van der Waals surface area contributed by atoms with E-state index in [2.05, 4.69) is 10.5 Å². The Labute approximate surface area is 161 Å². The third-order valence-electron chi connectivity index (χ3n) is 5.60. The van der Waals surface area contributed by atoms with Crippen LogP contribution in [0.3, 0.4) is 0 Å². The van der Waals surface area contributed by atoms with E-state index in [0.29, 0.717) is 33.8 Å². The van der Waals surface area contributed by atoms with Crippen molar-refractivity contribution in [1.29, 1.82) is 0 Å². The van der Waals surface area contributed by atoms with Crippen LogP contribution in [0.2, 0.25) is 10.0 Å². The average molecular weight is 393 g/mol. The van der Waals surface area contributed by atoms with Gasteiger partial charge >= 0.3 is 0 Å². The highest BCUT2D eigenvalue weighted by atomic mass is 35.5. The lowest BCUT2D eigenvalue weighted by molar-refractivity contribution is -0.129. The smallest absolute Gasteiger partial charge is 0.226 e. The standard InChI is InChI=1S/C19H18Cl2N2O3/c20-13-2-1-3-14(21)16(13)17-12(18(26-23-17)9-4-5-9)8-25-15-7-10-6-11(15)19(24)22-10/h1-3,9-11,15H,4-8H2,(H,22,24)/t10-,11+,15-/m0/s1. The lowest BCUT2D eigenvalue weighted by Gasteiger charge is -2.22. The Morgan fingerprint density at radius 2 is 2.00 bits per heavy atom. The molecule has 3 atom stereocenters. The molecular formula is C19H18Cl2N2O3. The number of aromatic nitrogens is 1. The molecule has 0 radical (unpaired) electrons. The molecule has 2 saturated carbocycles. The van der Waals surface area contributed by atoms with E-state index >= 15 is 0 Å². The second-order valence-corrected chi connectivity index (χ2v) is 8.19. The summed E-state index contributed by atoms with van der Waals surface area (Å²) in [6.07, 6.45) is 3.86. The monoisotopic (exact) mass is 392 g/mol. The summed E-state index contributed by atoms with van der Waals surface area (Å²) >= 11 is 12.8. The summed E-state index contributed by atoms with van der Waals surface area (Å²) in [5, 5.41) is 8.33. The molecule has 1 N–H and O–H groups in total. The number of hydrogen-bond donors (Lipinski definition) is 1. The van der Waals surface area contributed by atoms with E-state index in [0.717, 1.165) is 37.0 Å². The minimum absolute atomic E-state index is 0.0448. The lowest BCUT2D eigenvalue weighted by atomic mass is 10.0. The zero-order chi connectivity index (χ0) is 17.8. The zero-order valence-corrected chi connectivity index (χ0v) is 15.5. The van der Waals surface area contributed by atoms with E-state index in [1.807, 2.05) is 0 Å². The SMILES string of the molecule is O=C1N[C@@H]2C[C@H](OCc3c(-c4c(Cl)cccc4Cl)noc3C3CC3)[C@H]1C2. The minimum Gasteiger partial charge on any atom is -0.372 e. The maximum Gasteiger partial charge on any atom is 0.226 e. The maximum atomic E-state index is 11.9. The first-order valence-corrected chi connectivity index (χ1v) is 9.72. The number of amides is 1. The summed E-state index contributed by atoms with van der Waals surface area (Å²) in [4.78, 5) is 11.9. The van der Waals surface area contributed by atoms with Crippen LogP contribution in [-0.4, -0.2) is 23.2 Å². The summed E-state index contributed by atoms with van der Waals surface area (Å²) in [6, 6.07) is 5.64. The van der Waals surface area contributed by atoms with Crippen molar-refractivity contribution in [3.05, 3.63) is 39.6 Å². The van der Waals surface area contributed by atoms with Crippen LogP contribution in [0.25, 0.3) is 11.3 Å². The predicted molar refractivity (Wildman–Crippen MR) is 97.2 cm³/mol. The fourth-order valence-electron chi connectivity index (χ4n) is 4.12. The van der Waals surface area contributed by atoms with Gasteiger partial charge < -0.3 is 14.6 Å². The number of carbonyl (C=O) groups is 1. The van der Waals surface area contributed by atoms with Gasteiger partial charge in [-0.3, -0.25) is 4.79 Å². The molecule has 1 aliphatic heterocycles. The number of piperidine rings is 1. The Morgan fingerprint density at radius 3 is 2.65 bits per heavy atom. The second-order valence-electron chi connectivity index (χ2n) is 7.38. The number of nitrogens with zero attached hydrogens (tertiary/aromatic N) is 1. The van der Waals surface area contributed by atoms with Crippen LogP contribution >= 0.6 is 23.2 Å². The highest BCUT2D eigenvalue weighted by molar-refractivity contribution is 6.39. The van der Waals surface area contributed by atoms with Crippen molar-refractivity contribution in [2.75, 3.05) is 0 Å². The van der Waals surface area contributed by atoms with Gasteiger partial charge in [-0.1, -0.05) is 34.4 Å². The van der Waals surface area contributed by atoms with Gasteiger partial charge in [0.15, 0.2) is 0 Å². The van der Waals surface area contributed by atoms with Crippen molar-refractivity contribution in [2.24, 2.45) is 5.92 Å². The molecule has 5 rings (SSSR count). The van der Waals surface area contributed by atoms with E-state index in [4.69, 9.17) is 32.5 Å². The molecule has 3 aliphatic rings. The number of hydrogen-bond acceptors (Lipinski definition) is 4. The van der Waals surface area contributed by atoms with Crippen molar-refractivity contribution >= 4 is 29.1 Å². The van der Waals surface area contributed by atoms with Crippen LogP contribution in [0.5, 0.6) is 0 Å². The largest absolute Gasteiger partial charge is 0.372 e. The molecule has 2 bridgehead atoms. The maximum absolute atomic E-state index is 11.9. The Balaban J connectivity index is 1.46. The number of rotatable bonds is 5. The number of nitrogens with one attached hydrogen (secondary N) is 1. The molecule has 1 saturated heterocycles. The van der Waals surface area contributed by atoms with E-state index in [9.17, 15) is 4.79 Å². The number of halogens is 2. The summed E-state index contributed by atoms with van der Waals surface area (Å²) in [7, 11) is 0. The van der Waals surface area contributed by atoms with Gasteiger partial charge in [0.2, 0.25) is 5.91 Å². The van der Waals surface area contributed by atoms with Gasteiger partial charge in [-0.25, -0.2) is 0 Å². The fraction of sp³-hybridized carbons (Fsp3) is 0.474. The first kappa shape index (κ1) is 16.6. The van der Waals surface area contributed by atoms with Gasteiger partial charge in [0.25, 0.3) is 0 Å². The first-order valence-electron chi connectivity index (χ1n) is 8.96.